The number of ether oxygens (including phenoxy) is 3. The Kier molecular flexibility index (Phi) is 5.89. The van der Waals surface area contributed by atoms with E-state index in [1.165, 1.54) is 26.2 Å². The van der Waals surface area contributed by atoms with Gasteiger partial charge in [-0.2, -0.15) is 9.64 Å². The van der Waals surface area contributed by atoms with Crippen LogP contribution in [0.5, 0.6) is 17.2 Å². The van der Waals surface area contributed by atoms with Crippen LogP contribution in [0.1, 0.15) is 17.7 Å². The predicted octanol–water partition coefficient (Wildman–Crippen LogP) is 2.34. The zero-order valence-electron chi connectivity index (χ0n) is 16.4. The van der Waals surface area contributed by atoms with E-state index in [0.29, 0.717) is 39.2 Å². The number of methoxy groups -OCH3 is 3. The van der Waals surface area contributed by atoms with Crippen molar-refractivity contribution in [2.75, 3.05) is 38.1 Å². The van der Waals surface area contributed by atoms with Gasteiger partial charge in [-0.15, -0.1) is 0 Å². The van der Waals surface area contributed by atoms with Crippen molar-refractivity contribution < 1.29 is 23.8 Å². The first-order valence-electron chi connectivity index (χ1n) is 8.71. The van der Waals surface area contributed by atoms with Crippen molar-refractivity contribution >= 4 is 34.0 Å². The van der Waals surface area contributed by atoms with Gasteiger partial charge in [0, 0.05) is 25.1 Å². The minimum absolute atomic E-state index is 0.0577. The van der Waals surface area contributed by atoms with Gasteiger partial charge in [-0.3, -0.25) is 9.59 Å². The Labute approximate surface area is 171 Å². The number of benzene rings is 1. The van der Waals surface area contributed by atoms with Crippen molar-refractivity contribution in [2.45, 2.75) is 13.3 Å². The molecule has 0 bridgehead atoms. The Hall–Kier alpha value is -3.32. The minimum atomic E-state index is -0.560. The lowest BCUT2D eigenvalue weighted by molar-refractivity contribution is -0.122. The number of aryl methyl sites for hydroxylation is 1. The second kappa shape index (κ2) is 8.36. The summed E-state index contributed by atoms with van der Waals surface area (Å²) < 4.78 is 20.1. The number of nitrogens with one attached hydrogen (secondary N) is 1. The standard InChI is InChI=1S/C19H20N4O5S/c1-10-13(8-20)19(29-22-10)21-18(25)11-5-16(24)23(9-11)12-6-14(26-2)17(28-4)15(7-12)27-3/h6-7,11H,5,9H2,1-4H3,(H,21,25)/t11-/m0/s1. The van der Waals surface area contributed by atoms with Gasteiger partial charge >= 0.3 is 0 Å². The maximum Gasteiger partial charge on any atom is 0.230 e. The first-order valence-corrected chi connectivity index (χ1v) is 9.48. The summed E-state index contributed by atoms with van der Waals surface area (Å²) in [6.07, 6.45) is 0.0577. The van der Waals surface area contributed by atoms with Crippen LogP contribution in [0.3, 0.4) is 0 Å². The quantitative estimate of drug-likeness (QED) is 0.769. The number of hydrogen-bond donors (Lipinski definition) is 1. The largest absolute Gasteiger partial charge is 0.493 e. The van der Waals surface area contributed by atoms with Crippen LogP contribution in [0.4, 0.5) is 10.7 Å². The summed E-state index contributed by atoms with van der Waals surface area (Å²) >= 11 is 1.05. The molecule has 2 heterocycles. The van der Waals surface area contributed by atoms with Gasteiger partial charge in [0.15, 0.2) is 11.5 Å². The number of aromatic nitrogens is 1. The Bertz CT molecular complexity index is 972. The highest BCUT2D eigenvalue weighted by molar-refractivity contribution is 7.10. The monoisotopic (exact) mass is 416 g/mol. The van der Waals surface area contributed by atoms with Gasteiger partial charge < -0.3 is 24.4 Å². The van der Waals surface area contributed by atoms with Crippen molar-refractivity contribution in [1.82, 2.24) is 4.37 Å². The average Bonchev–Trinajstić information content (AvgIpc) is 3.28. The van der Waals surface area contributed by atoms with Crippen LogP contribution in [0.15, 0.2) is 12.1 Å². The summed E-state index contributed by atoms with van der Waals surface area (Å²) in [5.41, 5.74) is 1.45. The van der Waals surface area contributed by atoms with E-state index < -0.39 is 5.92 Å². The molecular formula is C19H20N4O5S. The number of rotatable bonds is 6. The number of nitrogens with zero attached hydrogens (tertiary/aromatic N) is 3. The second-order valence-electron chi connectivity index (χ2n) is 6.36. The molecule has 1 fully saturated rings. The van der Waals surface area contributed by atoms with Crippen molar-refractivity contribution in [3.05, 3.63) is 23.4 Å². The molecular weight excluding hydrogens is 396 g/mol. The summed E-state index contributed by atoms with van der Waals surface area (Å²) in [6.45, 7) is 1.90. The van der Waals surface area contributed by atoms with Crippen LogP contribution < -0.4 is 24.4 Å². The Morgan fingerprint density at radius 2 is 1.93 bits per heavy atom. The molecule has 1 saturated heterocycles. The molecule has 2 amide bonds. The molecule has 10 heteroatoms. The molecule has 1 aromatic heterocycles. The predicted molar refractivity (Wildman–Crippen MR) is 107 cm³/mol. The number of hydrogen-bond acceptors (Lipinski definition) is 8. The topological polar surface area (TPSA) is 114 Å². The van der Waals surface area contributed by atoms with Gasteiger partial charge in [-0.1, -0.05) is 0 Å². The van der Waals surface area contributed by atoms with E-state index in [2.05, 4.69) is 9.69 Å². The third kappa shape index (κ3) is 3.82. The molecule has 1 aromatic carbocycles. The Morgan fingerprint density at radius 1 is 1.28 bits per heavy atom. The number of anilines is 2. The van der Waals surface area contributed by atoms with E-state index in [-0.39, 0.29) is 24.8 Å². The first kappa shape index (κ1) is 20.4. The Balaban J connectivity index is 1.81. The maximum absolute atomic E-state index is 12.7. The maximum atomic E-state index is 12.7. The highest BCUT2D eigenvalue weighted by Crippen LogP contribution is 2.42. The number of carbonyl (C=O) groups is 2. The molecule has 9 nitrogen and oxygen atoms in total. The van der Waals surface area contributed by atoms with E-state index in [4.69, 9.17) is 14.2 Å². The van der Waals surface area contributed by atoms with E-state index >= 15 is 0 Å². The van der Waals surface area contributed by atoms with Crippen LogP contribution in [0.25, 0.3) is 0 Å². The van der Waals surface area contributed by atoms with Crippen molar-refractivity contribution in [2.24, 2.45) is 5.92 Å². The molecule has 0 saturated carbocycles. The normalized spacial score (nSPS) is 15.8. The van der Waals surface area contributed by atoms with Gasteiger partial charge in [0.05, 0.1) is 38.6 Å². The molecule has 0 spiro atoms. The highest BCUT2D eigenvalue weighted by Gasteiger charge is 2.36. The van der Waals surface area contributed by atoms with Crippen LogP contribution in [0.2, 0.25) is 0 Å². The fourth-order valence-electron chi connectivity index (χ4n) is 3.16. The number of nitriles is 1. The summed E-state index contributed by atoms with van der Waals surface area (Å²) in [5, 5.41) is 12.3. The molecule has 1 atom stereocenters. The summed E-state index contributed by atoms with van der Waals surface area (Å²) in [7, 11) is 4.48. The lowest BCUT2D eigenvalue weighted by atomic mass is 10.1. The van der Waals surface area contributed by atoms with Gasteiger partial charge in [0.1, 0.15) is 16.6 Å². The molecule has 152 valence electrons. The van der Waals surface area contributed by atoms with Crippen molar-refractivity contribution in [1.29, 1.82) is 5.26 Å². The van der Waals surface area contributed by atoms with Gasteiger partial charge in [-0.05, 0) is 18.5 Å². The van der Waals surface area contributed by atoms with E-state index in [1.54, 1.807) is 19.1 Å². The van der Waals surface area contributed by atoms with Crippen LogP contribution in [-0.4, -0.2) is 44.1 Å². The van der Waals surface area contributed by atoms with Crippen LogP contribution in [0, 0.1) is 24.2 Å². The lowest BCUT2D eigenvalue weighted by Crippen LogP contribution is -2.28. The van der Waals surface area contributed by atoms with Crippen molar-refractivity contribution in [3.63, 3.8) is 0 Å². The summed E-state index contributed by atoms with van der Waals surface area (Å²) in [6, 6.07) is 5.37. The summed E-state index contributed by atoms with van der Waals surface area (Å²) in [5.74, 6) is 0.177. The smallest absolute Gasteiger partial charge is 0.230 e. The SMILES string of the molecule is COc1cc(N2C[C@@H](C(=O)Nc3snc(C)c3C#N)CC2=O)cc(OC)c1OC. The van der Waals surface area contributed by atoms with Crippen LogP contribution in [-0.2, 0) is 9.59 Å². The fourth-order valence-corrected chi connectivity index (χ4v) is 3.91. The first-order chi connectivity index (χ1) is 13.9. The lowest BCUT2D eigenvalue weighted by Gasteiger charge is -2.20. The molecule has 29 heavy (non-hydrogen) atoms. The molecule has 0 aliphatic carbocycles. The zero-order chi connectivity index (χ0) is 21.1. The van der Waals surface area contributed by atoms with Gasteiger partial charge in [0.25, 0.3) is 0 Å². The number of amides is 2. The van der Waals surface area contributed by atoms with Gasteiger partial charge in [0.2, 0.25) is 17.6 Å². The highest BCUT2D eigenvalue weighted by atomic mass is 32.1. The average molecular weight is 416 g/mol. The molecule has 0 radical (unpaired) electrons. The molecule has 2 aromatic rings. The molecule has 0 unspecified atom stereocenters. The molecule has 3 rings (SSSR count). The molecule has 1 aliphatic heterocycles. The van der Waals surface area contributed by atoms with E-state index in [9.17, 15) is 14.9 Å². The third-order valence-electron chi connectivity index (χ3n) is 4.67. The second-order valence-corrected chi connectivity index (χ2v) is 7.14. The minimum Gasteiger partial charge on any atom is -0.493 e. The van der Waals surface area contributed by atoms with E-state index in [1.807, 2.05) is 6.07 Å². The van der Waals surface area contributed by atoms with Crippen LogP contribution >= 0.6 is 11.5 Å². The third-order valence-corrected chi connectivity index (χ3v) is 5.52. The van der Waals surface area contributed by atoms with E-state index in [0.717, 1.165) is 11.5 Å². The molecule has 1 aliphatic rings. The fraction of sp³-hybridized carbons (Fsp3) is 0.368. The van der Waals surface area contributed by atoms with Gasteiger partial charge in [-0.25, -0.2) is 0 Å². The summed E-state index contributed by atoms with van der Waals surface area (Å²) in [4.78, 5) is 26.8. The Morgan fingerprint density at radius 3 is 2.48 bits per heavy atom. The molecule has 1 N–H and O–H groups in total. The zero-order valence-corrected chi connectivity index (χ0v) is 17.3. The van der Waals surface area contributed by atoms with Crippen molar-refractivity contribution in [3.8, 4) is 23.3 Å². The number of carbonyl (C=O) groups excluding carboxylic acids is 2.